The average molecular weight is 230 g/mol. The van der Waals surface area contributed by atoms with Crippen molar-refractivity contribution in [1.29, 1.82) is 0 Å². The van der Waals surface area contributed by atoms with E-state index in [2.05, 4.69) is 4.98 Å². The van der Waals surface area contributed by atoms with Crippen LogP contribution in [-0.4, -0.2) is 41.4 Å². The van der Waals surface area contributed by atoms with Gasteiger partial charge in [0.05, 0.1) is 0 Å². The fourth-order valence-electron chi connectivity index (χ4n) is 1.45. The van der Waals surface area contributed by atoms with E-state index in [1.165, 1.54) is 10.5 Å². The van der Waals surface area contributed by atoms with Gasteiger partial charge in [0.15, 0.2) is 5.03 Å². The number of aryl methyl sites for hydroxylation is 2. The Morgan fingerprint density at radius 3 is 2.53 bits per heavy atom. The Balaban J connectivity index is 2.30. The highest BCUT2D eigenvalue weighted by Crippen LogP contribution is 2.19. The number of nitrogens with zero attached hydrogens (tertiary/aromatic N) is 3. The normalized spacial score (nSPS) is 19.1. The number of aromatic nitrogens is 2. The summed E-state index contributed by atoms with van der Waals surface area (Å²) in [7, 11) is -1.65. The van der Waals surface area contributed by atoms with E-state index >= 15 is 0 Å². The summed E-state index contributed by atoms with van der Waals surface area (Å²) in [4.78, 5) is 4.00. The van der Waals surface area contributed by atoms with Crippen LogP contribution in [0.25, 0.3) is 0 Å². The molecular weight excluding hydrogens is 216 g/mol. The van der Waals surface area contributed by atoms with Gasteiger partial charge in [0, 0.05) is 32.4 Å². The summed E-state index contributed by atoms with van der Waals surface area (Å²) in [6, 6.07) is -0.0374. The second-order valence-electron chi connectivity index (χ2n) is 3.82. The fourth-order valence-corrected chi connectivity index (χ4v) is 3.03. The molecule has 1 fully saturated rings. The Morgan fingerprint density at radius 2 is 2.13 bits per heavy atom. The highest BCUT2D eigenvalue weighted by atomic mass is 32.2. The molecule has 0 saturated carbocycles. The third-order valence-corrected chi connectivity index (χ3v) is 4.27. The maximum atomic E-state index is 11.9. The summed E-state index contributed by atoms with van der Waals surface area (Å²) in [5.74, 6) is 0.679. The van der Waals surface area contributed by atoms with Crippen LogP contribution in [0.1, 0.15) is 5.82 Å². The maximum Gasteiger partial charge on any atom is 0.262 e. The fraction of sp³-hybridized carbons (Fsp3) is 0.625. The molecule has 0 spiro atoms. The van der Waals surface area contributed by atoms with Crippen molar-refractivity contribution in [3.05, 3.63) is 12.0 Å². The van der Waals surface area contributed by atoms with Crippen LogP contribution < -0.4 is 5.73 Å². The summed E-state index contributed by atoms with van der Waals surface area (Å²) in [6.07, 6.45) is 1.52. The largest absolute Gasteiger partial charge is 0.337 e. The van der Waals surface area contributed by atoms with E-state index < -0.39 is 10.0 Å². The second kappa shape index (κ2) is 3.29. The Labute approximate surface area is 88.7 Å². The van der Waals surface area contributed by atoms with E-state index in [0.29, 0.717) is 18.9 Å². The summed E-state index contributed by atoms with van der Waals surface area (Å²) in [5, 5.41) is 0.106. The van der Waals surface area contributed by atoms with E-state index in [-0.39, 0.29) is 11.1 Å². The van der Waals surface area contributed by atoms with Crippen LogP contribution >= 0.6 is 0 Å². The van der Waals surface area contributed by atoms with Crippen LogP contribution in [-0.2, 0) is 17.1 Å². The van der Waals surface area contributed by atoms with Gasteiger partial charge in [-0.2, -0.15) is 4.31 Å². The van der Waals surface area contributed by atoms with Gasteiger partial charge < -0.3 is 10.3 Å². The lowest BCUT2D eigenvalue weighted by atomic mass is 10.2. The molecule has 1 aromatic rings. The molecule has 6 nitrogen and oxygen atoms in total. The molecule has 2 N–H and O–H groups in total. The Hall–Kier alpha value is -0.920. The van der Waals surface area contributed by atoms with Crippen molar-refractivity contribution < 1.29 is 8.42 Å². The van der Waals surface area contributed by atoms with Gasteiger partial charge in [0.1, 0.15) is 5.82 Å². The topological polar surface area (TPSA) is 81.2 Å². The first-order valence-corrected chi connectivity index (χ1v) is 6.11. The number of sulfonamides is 1. The number of imidazole rings is 1. The molecule has 0 bridgehead atoms. The molecule has 1 aromatic heterocycles. The van der Waals surface area contributed by atoms with E-state index in [9.17, 15) is 8.42 Å². The molecule has 0 unspecified atom stereocenters. The molecule has 1 saturated heterocycles. The minimum atomic E-state index is -3.42. The predicted molar refractivity (Wildman–Crippen MR) is 54.7 cm³/mol. The smallest absolute Gasteiger partial charge is 0.262 e. The lowest BCUT2D eigenvalue weighted by Crippen LogP contribution is -2.57. The molecule has 1 aliphatic heterocycles. The van der Waals surface area contributed by atoms with Gasteiger partial charge in [0.2, 0.25) is 0 Å². The second-order valence-corrected chi connectivity index (χ2v) is 5.70. The average Bonchev–Trinajstić information content (AvgIpc) is 2.42. The molecular formula is C8H14N4O2S. The van der Waals surface area contributed by atoms with Crippen LogP contribution in [0.4, 0.5) is 0 Å². The van der Waals surface area contributed by atoms with E-state index in [0.717, 1.165) is 0 Å². The first kappa shape index (κ1) is 10.6. The molecule has 0 radical (unpaired) electrons. The van der Waals surface area contributed by atoms with Crippen LogP contribution in [0, 0.1) is 6.92 Å². The van der Waals surface area contributed by atoms with Gasteiger partial charge in [-0.15, -0.1) is 0 Å². The molecule has 1 aliphatic rings. The summed E-state index contributed by atoms with van der Waals surface area (Å²) in [6.45, 7) is 2.54. The summed E-state index contributed by atoms with van der Waals surface area (Å²) < 4.78 is 26.9. The third-order valence-electron chi connectivity index (χ3n) is 2.57. The molecule has 84 valence electrons. The van der Waals surface area contributed by atoms with Crippen LogP contribution in [0.5, 0.6) is 0 Å². The van der Waals surface area contributed by atoms with Crippen molar-refractivity contribution in [3.63, 3.8) is 0 Å². The van der Waals surface area contributed by atoms with Gasteiger partial charge in [0.25, 0.3) is 10.0 Å². The monoisotopic (exact) mass is 230 g/mol. The molecule has 0 aliphatic carbocycles. The number of hydrogen-bond acceptors (Lipinski definition) is 4. The molecule has 7 heteroatoms. The van der Waals surface area contributed by atoms with Gasteiger partial charge in [-0.1, -0.05) is 0 Å². The summed E-state index contributed by atoms with van der Waals surface area (Å²) >= 11 is 0. The van der Waals surface area contributed by atoms with Gasteiger partial charge >= 0.3 is 0 Å². The summed E-state index contributed by atoms with van der Waals surface area (Å²) in [5.41, 5.74) is 5.55. The zero-order valence-corrected chi connectivity index (χ0v) is 9.53. The first-order valence-electron chi connectivity index (χ1n) is 4.67. The van der Waals surface area contributed by atoms with E-state index in [4.69, 9.17) is 5.73 Å². The van der Waals surface area contributed by atoms with Crippen molar-refractivity contribution >= 4 is 10.0 Å². The highest BCUT2D eigenvalue weighted by Gasteiger charge is 2.36. The Bertz CT molecular complexity index is 453. The van der Waals surface area contributed by atoms with Crippen LogP contribution in [0.2, 0.25) is 0 Å². The molecule has 0 aromatic carbocycles. The predicted octanol–water partition coefficient (Wildman–Crippen LogP) is -0.940. The lowest BCUT2D eigenvalue weighted by Gasteiger charge is -2.34. The van der Waals surface area contributed by atoms with E-state index in [1.54, 1.807) is 18.5 Å². The van der Waals surface area contributed by atoms with Gasteiger partial charge in [-0.25, -0.2) is 13.4 Å². The van der Waals surface area contributed by atoms with Crippen LogP contribution in [0.15, 0.2) is 11.2 Å². The van der Waals surface area contributed by atoms with Crippen LogP contribution in [0.3, 0.4) is 0 Å². The number of nitrogens with two attached hydrogens (primary N) is 1. The maximum absolute atomic E-state index is 11.9. The minimum absolute atomic E-state index is 0.0374. The van der Waals surface area contributed by atoms with Gasteiger partial charge in [-0.05, 0) is 6.92 Å². The molecule has 2 heterocycles. The molecule has 15 heavy (non-hydrogen) atoms. The zero-order chi connectivity index (χ0) is 11.2. The van der Waals surface area contributed by atoms with Crippen molar-refractivity contribution in [1.82, 2.24) is 13.9 Å². The first-order chi connectivity index (χ1) is 6.91. The Morgan fingerprint density at radius 1 is 1.53 bits per heavy atom. The molecule has 0 atom stereocenters. The van der Waals surface area contributed by atoms with Crippen molar-refractivity contribution in [2.75, 3.05) is 13.1 Å². The Kier molecular flexibility index (Phi) is 2.32. The zero-order valence-electron chi connectivity index (χ0n) is 8.71. The van der Waals surface area contributed by atoms with Crippen molar-refractivity contribution in [2.45, 2.75) is 18.0 Å². The number of hydrogen-bond donors (Lipinski definition) is 1. The molecule has 2 rings (SSSR count). The quantitative estimate of drug-likeness (QED) is 0.711. The van der Waals surface area contributed by atoms with Gasteiger partial charge in [-0.3, -0.25) is 0 Å². The SMILES string of the molecule is Cc1nc(S(=O)(=O)N2CC(N)C2)cn1C. The highest BCUT2D eigenvalue weighted by molar-refractivity contribution is 7.89. The van der Waals surface area contributed by atoms with E-state index in [1.807, 2.05) is 0 Å². The molecule has 0 amide bonds. The lowest BCUT2D eigenvalue weighted by molar-refractivity contribution is 0.265. The minimum Gasteiger partial charge on any atom is -0.337 e. The van der Waals surface area contributed by atoms with Crippen molar-refractivity contribution in [3.8, 4) is 0 Å². The standard InChI is InChI=1S/C8H14N4O2S/c1-6-10-8(5-11(6)2)15(13,14)12-3-7(9)4-12/h5,7H,3-4,9H2,1-2H3. The number of rotatable bonds is 2. The van der Waals surface area contributed by atoms with Crippen molar-refractivity contribution in [2.24, 2.45) is 12.8 Å². The third kappa shape index (κ3) is 1.66.